The Hall–Kier alpha value is -0.870. The summed E-state index contributed by atoms with van der Waals surface area (Å²) in [5.41, 5.74) is 1.07. The predicted octanol–water partition coefficient (Wildman–Crippen LogP) is 2.29. The van der Waals surface area contributed by atoms with E-state index in [2.05, 4.69) is 21.9 Å². The molecule has 2 aliphatic rings. The molecule has 0 radical (unpaired) electrons. The van der Waals surface area contributed by atoms with Gasteiger partial charge >= 0.3 is 0 Å². The summed E-state index contributed by atoms with van der Waals surface area (Å²) in [7, 11) is 0. The smallest absolute Gasteiger partial charge is 0.133 e. The van der Waals surface area contributed by atoms with Crippen LogP contribution in [0.4, 0.5) is 0 Å². The summed E-state index contributed by atoms with van der Waals surface area (Å²) in [5.74, 6) is 1.84. The lowest BCUT2D eigenvalue weighted by Gasteiger charge is -2.37. The Morgan fingerprint density at radius 1 is 1.26 bits per heavy atom. The Labute approximate surface area is 115 Å². The van der Waals surface area contributed by atoms with Gasteiger partial charge in [0.15, 0.2) is 0 Å². The van der Waals surface area contributed by atoms with E-state index in [1.54, 1.807) is 0 Å². The van der Waals surface area contributed by atoms with Crippen molar-refractivity contribution in [3.8, 4) is 0 Å². The van der Waals surface area contributed by atoms with Crippen LogP contribution in [0.2, 0.25) is 0 Å². The molecule has 1 aliphatic heterocycles. The fourth-order valence-electron chi connectivity index (χ4n) is 3.52. The van der Waals surface area contributed by atoms with Crippen LogP contribution in [0.3, 0.4) is 0 Å². The molecular weight excluding hydrogens is 238 g/mol. The Bertz CT molecular complexity index is 409. The first-order valence-corrected chi connectivity index (χ1v) is 7.59. The van der Waals surface area contributed by atoms with E-state index in [0.717, 1.165) is 43.0 Å². The predicted molar refractivity (Wildman–Crippen MR) is 74.9 cm³/mol. The number of hydrogen-bond donors (Lipinski definition) is 0. The summed E-state index contributed by atoms with van der Waals surface area (Å²) in [6.45, 7) is 10.0. The highest BCUT2D eigenvalue weighted by Gasteiger charge is 2.29. The van der Waals surface area contributed by atoms with Gasteiger partial charge in [-0.15, -0.1) is 0 Å². The van der Waals surface area contributed by atoms with Crippen molar-refractivity contribution in [3.05, 3.63) is 17.5 Å². The average Bonchev–Trinajstić information content (AvgIpc) is 3.00. The summed E-state index contributed by atoms with van der Waals surface area (Å²) in [6.07, 6.45) is 4.23. The van der Waals surface area contributed by atoms with Gasteiger partial charge in [-0.3, -0.25) is 9.80 Å². The molecule has 0 N–H and O–H groups in total. The van der Waals surface area contributed by atoms with Crippen molar-refractivity contribution in [2.75, 3.05) is 26.2 Å². The number of aromatic nitrogens is 1. The topological polar surface area (TPSA) is 32.5 Å². The molecule has 0 aromatic carbocycles. The summed E-state index contributed by atoms with van der Waals surface area (Å²) in [4.78, 5) is 5.19. The zero-order valence-electron chi connectivity index (χ0n) is 12.1. The molecule has 0 amide bonds. The summed E-state index contributed by atoms with van der Waals surface area (Å²) < 4.78 is 5.13. The van der Waals surface area contributed by atoms with Crippen molar-refractivity contribution in [2.24, 2.45) is 5.92 Å². The number of piperazine rings is 1. The van der Waals surface area contributed by atoms with Gasteiger partial charge in [0.25, 0.3) is 0 Å². The van der Waals surface area contributed by atoms with Gasteiger partial charge in [-0.2, -0.15) is 0 Å². The van der Waals surface area contributed by atoms with E-state index in [1.807, 2.05) is 13.0 Å². The van der Waals surface area contributed by atoms with Gasteiger partial charge in [-0.25, -0.2) is 0 Å². The second-order valence-electron chi connectivity index (χ2n) is 6.31. The molecule has 4 nitrogen and oxygen atoms in total. The Balaban J connectivity index is 1.47. The molecule has 1 saturated heterocycles. The van der Waals surface area contributed by atoms with Crippen LogP contribution in [0.15, 0.2) is 10.6 Å². The number of nitrogens with zero attached hydrogens (tertiary/aromatic N) is 3. The lowest BCUT2D eigenvalue weighted by Crippen LogP contribution is -2.49. The van der Waals surface area contributed by atoms with Crippen molar-refractivity contribution in [1.29, 1.82) is 0 Å². The van der Waals surface area contributed by atoms with Crippen molar-refractivity contribution in [2.45, 2.75) is 45.7 Å². The quantitative estimate of drug-likeness (QED) is 0.837. The highest BCUT2D eigenvalue weighted by atomic mass is 16.5. The standard InChI is InChI=1S/C15H25N3O/c1-12-3-4-15(9-12)18-7-5-17(6-8-18)11-14-10-13(2)19-16-14/h10,12,15H,3-9,11H2,1-2H3/t12-,15+/m1/s1. The van der Waals surface area contributed by atoms with Crippen molar-refractivity contribution < 1.29 is 4.52 Å². The van der Waals surface area contributed by atoms with E-state index in [9.17, 15) is 0 Å². The summed E-state index contributed by atoms with van der Waals surface area (Å²) in [5, 5.41) is 4.09. The van der Waals surface area contributed by atoms with Gasteiger partial charge in [0.05, 0.1) is 5.69 Å². The summed E-state index contributed by atoms with van der Waals surface area (Å²) >= 11 is 0. The molecule has 0 bridgehead atoms. The third kappa shape index (κ3) is 3.18. The minimum atomic E-state index is 0.853. The van der Waals surface area contributed by atoms with Crippen molar-refractivity contribution in [1.82, 2.24) is 15.0 Å². The Kier molecular flexibility index (Phi) is 3.89. The molecule has 2 fully saturated rings. The lowest BCUT2D eigenvalue weighted by atomic mass is 10.1. The SMILES string of the molecule is Cc1cc(CN2CCN([C@H]3CC[C@@H](C)C3)CC2)no1. The normalized spacial score (nSPS) is 30.0. The molecule has 4 heteroatoms. The molecule has 2 atom stereocenters. The molecule has 3 rings (SSSR count). The van der Waals surface area contributed by atoms with Crippen LogP contribution in [-0.4, -0.2) is 47.2 Å². The van der Waals surface area contributed by atoms with Gasteiger partial charge in [-0.05, 0) is 32.1 Å². The van der Waals surface area contributed by atoms with Crippen molar-refractivity contribution >= 4 is 0 Å². The van der Waals surface area contributed by atoms with E-state index >= 15 is 0 Å². The maximum atomic E-state index is 5.13. The molecule has 0 unspecified atom stereocenters. The minimum Gasteiger partial charge on any atom is -0.361 e. The third-order valence-electron chi connectivity index (χ3n) is 4.65. The molecule has 2 heterocycles. The molecule has 106 valence electrons. The van der Waals surface area contributed by atoms with Crippen LogP contribution in [0.25, 0.3) is 0 Å². The monoisotopic (exact) mass is 263 g/mol. The second-order valence-corrected chi connectivity index (χ2v) is 6.31. The fraction of sp³-hybridized carbons (Fsp3) is 0.800. The third-order valence-corrected chi connectivity index (χ3v) is 4.65. The molecule has 1 aliphatic carbocycles. The number of rotatable bonds is 3. The van der Waals surface area contributed by atoms with E-state index in [-0.39, 0.29) is 0 Å². The number of hydrogen-bond acceptors (Lipinski definition) is 4. The zero-order chi connectivity index (χ0) is 13.2. The highest BCUT2D eigenvalue weighted by Crippen LogP contribution is 2.29. The maximum Gasteiger partial charge on any atom is 0.133 e. The van der Waals surface area contributed by atoms with Crippen LogP contribution >= 0.6 is 0 Å². The lowest BCUT2D eigenvalue weighted by molar-refractivity contribution is 0.0910. The Morgan fingerprint density at radius 3 is 2.63 bits per heavy atom. The van der Waals surface area contributed by atoms with Crippen LogP contribution in [0.1, 0.15) is 37.6 Å². The van der Waals surface area contributed by atoms with Crippen LogP contribution in [-0.2, 0) is 6.54 Å². The first-order chi connectivity index (χ1) is 9.20. The fourth-order valence-corrected chi connectivity index (χ4v) is 3.52. The van der Waals surface area contributed by atoms with Gasteiger partial charge in [0.2, 0.25) is 0 Å². The van der Waals surface area contributed by atoms with E-state index in [1.165, 1.54) is 32.4 Å². The van der Waals surface area contributed by atoms with Crippen LogP contribution in [0.5, 0.6) is 0 Å². The van der Waals surface area contributed by atoms with Gasteiger partial charge in [0.1, 0.15) is 5.76 Å². The first kappa shape index (κ1) is 13.1. The molecule has 0 spiro atoms. The maximum absolute atomic E-state index is 5.13. The second kappa shape index (κ2) is 5.63. The molecule has 1 aromatic rings. The molecule has 1 saturated carbocycles. The molecule has 19 heavy (non-hydrogen) atoms. The average molecular weight is 263 g/mol. The van der Waals surface area contributed by atoms with Crippen molar-refractivity contribution in [3.63, 3.8) is 0 Å². The summed E-state index contributed by atoms with van der Waals surface area (Å²) in [6, 6.07) is 2.90. The minimum absolute atomic E-state index is 0.853. The molecule has 1 aromatic heterocycles. The van der Waals surface area contributed by atoms with Crippen LogP contribution < -0.4 is 0 Å². The Morgan fingerprint density at radius 2 is 2.05 bits per heavy atom. The largest absolute Gasteiger partial charge is 0.361 e. The van der Waals surface area contributed by atoms with Crippen LogP contribution in [0, 0.1) is 12.8 Å². The van der Waals surface area contributed by atoms with Gasteiger partial charge in [-0.1, -0.05) is 12.1 Å². The van der Waals surface area contributed by atoms with Gasteiger partial charge < -0.3 is 4.52 Å². The number of aryl methyl sites for hydroxylation is 1. The van der Waals surface area contributed by atoms with Gasteiger partial charge in [0, 0.05) is 44.8 Å². The molecular formula is C15H25N3O. The highest BCUT2D eigenvalue weighted by molar-refractivity contribution is 5.03. The first-order valence-electron chi connectivity index (χ1n) is 7.59. The van der Waals surface area contributed by atoms with E-state index in [0.29, 0.717) is 0 Å². The van der Waals surface area contributed by atoms with E-state index < -0.39 is 0 Å². The van der Waals surface area contributed by atoms with E-state index in [4.69, 9.17) is 4.52 Å². The zero-order valence-corrected chi connectivity index (χ0v) is 12.1.